The molecule has 1 N–H and O–H groups in total. The van der Waals surface area contributed by atoms with Gasteiger partial charge < -0.3 is 10.2 Å². The van der Waals surface area contributed by atoms with Gasteiger partial charge in [0.05, 0.1) is 11.1 Å². The smallest absolute Gasteiger partial charge is 0.285 e. The summed E-state index contributed by atoms with van der Waals surface area (Å²) in [7, 11) is 3.40. The number of rotatable bonds is 5. The van der Waals surface area contributed by atoms with Gasteiger partial charge in [-0.3, -0.25) is 9.59 Å². The third-order valence-corrected chi connectivity index (χ3v) is 5.96. The van der Waals surface area contributed by atoms with Crippen molar-refractivity contribution in [2.45, 2.75) is 28.7 Å². The summed E-state index contributed by atoms with van der Waals surface area (Å²) in [6.45, 7) is 0. The Kier molecular flexibility index (Phi) is 6.27. The van der Waals surface area contributed by atoms with Crippen LogP contribution in [0.25, 0.3) is 0 Å². The molecule has 8 heteroatoms. The number of nitrogens with one attached hydrogen (secondary N) is 1. The van der Waals surface area contributed by atoms with Crippen LogP contribution in [-0.2, 0) is 0 Å². The van der Waals surface area contributed by atoms with Crippen LogP contribution in [-0.4, -0.2) is 41.4 Å². The van der Waals surface area contributed by atoms with Crippen LogP contribution in [0.1, 0.15) is 40.4 Å². The van der Waals surface area contributed by atoms with E-state index >= 15 is 0 Å². The van der Waals surface area contributed by atoms with Gasteiger partial charge in [0.1, 0.15) is 11.1 Å². The molecule has 1 aliphatic carbocycles. The van der Waals surface area contributed by atoms with E-state index < -0.39 is 0 Å². The number of amides is 2. The van der Waals surface area contributed by atoms with E-state index in [1.807, 2.05) is 6.26 Å². The van der Waals surface area contributed by atoms with Crippen LogP contribution in [0.2, 0.25) is 0 Å². The first-order valence-corrected chi connectivity index (χ1v) is 10.8. The van der Waals surface area contributed by atoms with Gasteiger partial charge in [0.25, 0.3) is 11.1 Å². The topological polar surface area (TPSA) is 86.1 Å². The molecular formula is C20H20N4O2S2. The highest BCUT2D eigenvalue weighted by molar-refractivity contribution is 8.13. The van der Waals surface area contributed by atoms with E-state index in [4.69, 9.17) is 0 Å². The zero-order valence-corrected chi connectivity index (χ0v) is 17.5. The van der Waals surface area contributed by atoms with Crippen molar-refractivity contribution in [1.29, 1.82) is 5.26 Å². The summed E-state index contributed by atoms with van der Waals surface area (Å²) >= 11 is 2.49. The van der Waals surface area contributed by atoms with Crippen molar-refractivity contribution >= 4 is 40.4 Å². The summed E-state index contributed by atoms with van der Waals surface area (Å²) in [5, 5.41) is 12.9. The molecular weight excluding hydrogens is 392 g/mol. The molecule has 3 rings (SSSR count). The third-order valence-electron chi connectivity index (χ3n) is 4.23. The Morgan fingerprint density at radius 3 is 2.46 bits per heavy atom. The molecule has 0 unspecified atom stereocenters. The Bertz CT molecular complexity index is 948. The van der Waals surface area contributed by atoms with Gasteiger partial charge in [0, 0.05) is 36.3 Å². The molecule has 1 saturated carbocycles. The van der Waals surface area contributed by atoms with Crippen molar-refractivity contribution in [3.05, 3.63) is 47.2 Å². The molecule has 1 aromatic carbocycles. The molecule has 1 fully saturated rings. The molecule has 2 aromatic rings. The molecule has 0 saturated heterocycles. The summed E-state index contributed by atoms with van der Waals surface area (Å²) in [5.74, 6) is 0.0525. The SMILES string of the molecule is CSc1nc(C2CC2)cc(C(=O)Nc2ccc(SC(=O)N(C)C)cc2)c1C#N. The minimum absolute atomic E-state index is 0.0653. The summed E-state index contributed by atoms with van der Waals surface area (Å²) in [6, 6.07) is 10.9. The van der Waals surface area contributed by atoms with Crippen LogP contribution in [0.4, 0.5) is 10.5 Å². The maximum atomic E-state index is 12.8. The van der Waals surface area contributed by atoms with Gasteiger partial charge in [0.15, 0.2) is 0 Å². The molecule has 1 heterocycles. The standard InChI is InChI=1S/C20H20N4O2S2/c1-24(2)20(26)28-14-8-6-13(7-9-14)22-18(25)15-10-17(12-4-5-12)23-19(27-3)16(15)11-21/h6-10,12H,4-5H2,1-3H3,(H,22,25). The number of anilines is 1. The molecule has 0 atom stereocenters. The summed E-state index contributed by atoms with van der Waals surface area (Å²) in [6.07, 6.45) is 3.99. The largest absolute Gasteiger partial charge is 0.339 e. The molecule has 1 aliphatic rings. The monoisotopic (exact) mass is 412 g/mol. The van der Waals surface area contributed by atoms with E-state index in [1.54, 1.807) is 44.4 Å². The summed E-state index contributed by atoms with van der Waals surface area (Å²) in [5.41, 5.74) is 2.14. The van der Waals surface area contributed by atoms with Crippen LogP contribution in [0.5, 0.6) is 0 Å². The fourth-order valence-electron chi connectivity index (χ4n) is 2.56. The number of nitrogens with zero attached hydrogens (tertiary/aromatic N) is 3. The van der Waals surface area contributed by atoms with E-state index in [1.165, 1.54) is 16.7 Å². The van der Waals surface area contributed by atoms with Crippen molar-refractivity contribution < 1.29 is 9.59 Å². The first kappa shape index (κ1) is 20.2. The average Bonchev–Trinajstić information content (AvgIpc) is 3.53. The van der Waals surface area contributed by atoms with Crippen molar-refractivity contribution in [3.8, 4) is 6.07 Å². The number of thioether (sulfide) groups is 2. The fraction of sp³-hybridized carbons (Fsp3) is 0.300. The van der Waals surface area contributed by atoms with Gasteiger partial charge in [-0.1, -0.05) is 0 Å². The van der Waals surface area contributed by atoms with Crippen molar-refractivity contribution in [2.24, 2.45) is 0 Å². The van der Waals surface area contributed by atoms with Crippen LogP contribution in [0, 0.1) is 11.3 Å². The molecule has 6 nitrogen and oxygen atoms in total. The van der Waals surface area contributed by atoms with E-state index in [2.05, 4.69) is 16.4 Å². The molecule has 0 aliphatic heterocycles. The number of carbonyl (C=O) groups is 2. The Balaban J connectivity index is 1.80. The van der Waals surface area contributed by atoms with Crippen LogP contribution < -0.4 is 5.32 Å². The van der Waals surface area contributed by atoms with Crippen LogP contribution in [0.15, 0.2) is 40.3 Å². The fourth-order valence-corrected chi connectivity index (χ4v) is 3.77. The van der Waals surface area contributed by atoms with E-state index in [-0.39, 0.29) is 11.1 Å². The average molecular weight is 413 g/mol. The maximum Gasteiger partial charge on any atom is 0.285 e. The minimum Gasteiger partial charge on any atom is -0.339 e. The number of aromatic nitrogens is 1. The van der Waals surface area contributed by atoms with Gasteiger partial charge in [-0.15, -0.1) is 11.8 Å². The first-order chi connectivity index (χ1) is 13.4. The van der Waals surface area contributed by atoms with Gasteiger partial charge in [-0.05, 0) is 61.2 Å². The zero-order chi connectivity index (χ0) is 20.3. The number of hydrogen-bond acceptors (Lipinski definition) is 6. The highest BCUT2D eigenvalue weighted by atomic mass is 32.2. The number of hydrogen-bond donors (Lipinski definition) is 1. The lowest BCUT2D eigenvalue weighted by molar-refractivity contribution is 0.102. The molecule has 0 bridgehead atoms. The third kappa shape index (κ3) is 4.66. The lowest BCUT2D eigenvalue weighted by Gasteiger charge is -2.12. The molecule has 0 radical (unpaired) electrons. The van der Waals surface area contributed by atoms with Gasteiger partial charge in [-0.25, -0.2) is 4.98 Å². The van der Waals surface area contributed by atoms with Gasteiger partial charge in [-0.2, -0.15) is 5.26 Å². The quantitative estimate of drug-likeness (QED) is 0.724. The zero-order valence-electron chi connectivity index (χ0n) is 15.9. The number of carbonyl (C=O) groups excluding carboxylic acids is 2. The molecule has 28 heavy (non-hydrogen) atoms. The maximum absolute atomic E-state index is 12.8. The summed E-state index contributed by atoms with van der Waals surface area (Å²) < 4.78 is 0. The Morgan fingerprint density at radius 1 is 1.25 bits per heavy atom. The Labute approximate surface area is 172 Å². The van der Waals surface area contributed by atoms with Gasteiger partial charge >= 0.3 is 0 Å². The Hall–Kier alpha value is -2.50. The molecule has 2 amide bonds. The molecule has 0 spiro atoms. The summed E-state index contributed by atoms with van der Waals surface area (Å²) in [4.78, 5) is 31.5. The lowest BCUT2D eigenvalue weighted by Crippen LogP contribution is -2.16. The van der Waals surface area contributed by atoms with E-state index in [9.17, 15) is 14.9 Å². The van der Waals surface area contributed by atoms with Crippen molar-refractivity contribution in [3.63, 3.8) is 0 Å². The van der Waals surface area contributed by atoms with Crippen LogP contribution in [0.3, 0.4) is 0 Å². The predicted molar refractivity (Wildman–Crippen MR) is 112 cm³/mol. The molecule has 1 aromatic heterocycles. The minimum atomic E-state index is -0.332. The number of benzene rings is 1. The number of nitriles is 1. The number of pyridine rings is 1. The second-order valence-electron chi connectivity index (χ2n) is 6.61. The predicted octanol–water partition coefficient (Wildman–Crippen LogP) is 4.58. The van der Waals surface area contributed by atoms with E-state index in [0.717, 1.165) is 35.2 Å². The second-order valence-corrected chi connectivity index (χ2v) is 8.43. The second kappa shape index (κ2) is 8.67. The highest BCUT2D eigenvalue weighted by Gasteiger charge is 2.28. The molecule has 144 valence electrons. The van der Waals surface area contributed by atoms with Gasteiger partial charge in [0.2, 0.25) is 0 Å². The van der Waals surface area contributed by atoms with Crippen molar-refractivity contribution in [1.82, 2.24) is 9.88 Å². The highest BCUT2D eigenvalue weighted by Crippen LogP contribution is 2.40. The van der Waals surface area contributed by atoms with Crippen molar-refractivity contribution in [2.75, 3.05) is 25.7 Å². The first-order valence-electron chi connectivity index (χ1n) is 8.72. The normalized spacial score (nSPS) is 12.9. The van der Waals surface area contributed by atoms with Crippen LogP contribution >= 0.6 is 23.5 Å². The lowest BCUT2D eigenvalue weighted by atomic mass is 10.1. The Morgan fingerprint density at radius 2 is 1.93 bits per heavy atom. The van der Waals surface area contributed by atoms with E-state index in [0.29, 0.717) is 27.8 Å².